The smallest absolute Gasteiger partial charge is 0.295 e. The van der Waals surface area contributed by atoms with Gasteiger partial charge in [0.1, 0.15) is 5.75 Å². The fourth-order valence-corrected chi connectivity index (χ4v) is 1.54. The second kappa shape index (κ2) is 5.26. The zero-order valence-corrected chi connectivity index (χ0v) is 10.1. The number of H-pyrrole nitrogens is 1. The second-order valence-corrected chi connectivity index (χ2v) is 3.75. The number of carbonyl (C=O) groups excluding carboxylic acids is 1. The molecule has 1 amide bonds. The fourth-order valence-electron chi connectivity index (χ4n) is 1.54. The first-order valence-electron chi connectivity index (χ1n) is 5.32. The number of benzene rings is 1. The summed E-state index contributed by atoms with van der Waals surface area (Å²) in [5, 5.41) is 12.9. The summed E-state index contributed by atoms with van der Waals surface area (Å²) < 4.78 is 5.13. The van der Waals surface area contributed by atoms with E-state index in [4.69, 9.17) is 4.74 Å². The highest BCUT2D eigenvalue weighted by molar-refractivity contribution is 5.89. The second-order valence-electron chi connectivity index (χ2n) is 3.75. The molecule has 1 N–H and O–H groups in total. The molecule has 1 aromatic carbocycles. The number of aromatic amines is 1. The number of methoxy groups -OCH3 is 1. The highest BCUT2D eigenvalue weighted by Gasteiger charge is 2.16. The van der Waals surface area contributed by atoms with Crippen LogP contribution in [0.5, 0.6) is 5.75 Å². The van der Waals surface area contributed by atoms with Crippen molar-refractivity contribution in [3.8, 4) is 5.75 Å². The maximum atomic E-state index is 11.9. The summed E-state index contributed by atoms with van der Waals surface area (Å²) in [6, 6.07) is 7.52. The van der Waals surface area contributed by atoms with Crippen LogP contribution in [-0.4, -0.2) is 45.6 Å². The van der Waals surface area contributed by atoms with Gasteiger partial charge in [-0.15, -0.1) is 10.2 Å². The Hall–Kier alpha value is -2.44. The van der Waals surface area contributed by atoms with Gasteiger partial charge in [-0.05, 0) is 22.9 Å². The van der Waals surface area contributed by atoms with Crippen LogP contribution in [0.25, 0.3) is 0 Å². The van der Waals surface area contributed by atoms with E-state index < -0.39 is 0 Å². The van der Waals surface area contributed by atoms with Gasteiger partial charge in [-0.3, -0.25) is 4.79 Å². The SMILES string of the molecule is COc1cccc(CN(C)C(=O)c2nn[nH]n2)c1. The standard InChI is InChI=1S/C11H13N5O2/c1-16(11(17)10-12-14-15-13-10)7-8-4-3-5-9(6-8)18-2/h3-6H,7H2,1-2H3,(H,12,13,14,15). The fraction of sp³-hybridized carbons (Fsp3) is 0.273. The van der Waals surface area contributed by atoms with Crippen molar-refractivity contribution in [1.29, 1.82) is 0 Å². The number of rotatable bonds is 4. The predicted octanol–water partition coefficient (Wildman–Crippen LogP) is 0.480. The summed E-state index contributed by atoms with van der Waals surface area (Å²) in [6.45, 7) is 0.449. The van der Waals surface area contributed by atoms with E-state index in [1.807, 2.05) is 24.3 Å². The van der Waals surface area contributed by atoms with Crippen molar-refractivity contribution in [3.05, 3.63) is 35.7 Å². The molecule has 7 nitrogen and oxygen atoms in total. The molecule has 2 aromatic rings. The van der Waals surface area contributed by atoms with Gasteiger partial charge in [0, 0.05) is 13.6 Å². The summed E-state index contributed by atoms with van der Waals surface area (Å²) in [6.07, 6.45) is 0. The lowest BCUT2D eigenvalue weighted by Crippen LogP contribution is -2.27. The zero-order valence-electron chi connectivity index (χ0n) is 10.1. The maximum Gasteiger partial charge on any atom is 0.295 e. The van der Waals surface area contributed by atoms with Crippen molar-refractivity contribution in [3.63, 3.8) is 0 Å². The molecule has 0 fully saturated rings. The molecule has 1 aromatic heterocycles. The zero-order chi connectivity index (χ0) is 13.0. The molecule has 0 unspecified atom stereocenters. The first-order valence-corrected chi connectivity index (χ1v) is 5.32. The molecule has 2 rings (SSSR count). The third kappa shape index (κ3) is 2.62. The van der Waals surface area contributed by atoms with Crippen LogP contribution in [0.4, 0.5) is 0 Å². The van der Waals surface area contributed by atoms with Gasteiger partial charge in [0.15, 0.2) is 0 Å². The van der Waals surface area contributed by atoms with E-state index >= 15 is 0 Å². The summed E-state index contributed by atoms with van der Waals surface area (Å²) in [5.41, 5.74) is 0.966. The van der Waals surface area contributed by atoms with Crippen LogP contribution in [-0.2, 0) is 6.54 Å². The average molecular weight is 247 g/mol. The van der Waals surface area contributed by atoms with Crippen LogP contribution in [0.3, 0.4) is 0 Å². The Bertz CT molecular complexity index is 526. The third-order valence-corrected chi connectivity index (χ3v) is 2.44. The minimum absolute atomic E-state index is 0.0559. The monoisotopic (exact) mass is 247 g/mol. The van der Waals surface area contributed by atoms with Gasteiger partial charge in [0.05, 0.1) is 7.11 Å². The van der Waals surface area contributed by atoms with Gasteiger partial charge in [-0.2, -0.15) is 5.21 Å². The van der Waals surface area contributed by atoms with Gasteiger partial charge in [0.2, 0.25) is 0 Å². The number of ether oxygens (including phenoxy) is 1. The predicted molar refractivity (Wildman–Crippen MR) is 63.0 cm³/mol. The number of nitrogens with one attached hydrogen (secondary N) is 1. The van der Waals surface area contributed by atoms with Crippen molar-refractivity contribution in [2.45, 2.75) is 6.54 Å². The van der Waals surface area contributed by atoms with Crippen LogP contribution in [0.2, 0.25) is 0 Å². The molecule has 0 atom stereocenters. The van der Waals surface area contributed by atoms with E-state index in [1.165, 1.54) is 4.90 Å². The van der Waals surface area contributed by atoms with E-state index in [0.29, 0.717) is 6.54 Å². The minimum Gasteiger partial charge on any atom is -0.497 e. The van der Waals surface area contributed by atoms with E-state index in [2.05, 4.69) is 20.6 Å². The van der Waals surface area contributed by atoms with E-state index in [1.54, 1.807) is 14.2 Å². The summed E-state index contributed by atoms with van der Waals surface area (Å²) in [4.78, 5) is 13.4. The van der Waals surface area contributed by atoms with Gasteiger partial charge in [-0.1, -0.05) is 12.1 Å². The van der Waals surface area contributed by atoms with Gasteiger partial charge in [-0.25, -0.2) is 0 Å². The third-order valence-electron chi connectivity index (χ3n) is 2.44. The van der Waals surface area contributed by atoms with Gasteiger partial charge in [0.25, 0.3) is 11.7 Å². The molecular weight excluding hydrogens is 234 g/mol. The van der Waals surface area contributed by atoms with Crippen LogP contribution in [0.1, 0.15) is 16.2 Å². The normalized spacial score (nSPS) is 10.1. The molecule has 0 radical (unpaired) electrons. The topological polar surface area (TPSA) is 84.0 Å². The molecule has 0 spiro atoms. The Morgan fingerprint density at radius 1 is 1.50 bits per heavy atom. The van der Waals surface area contributed by atoms with Crippen LogP contribution in [0, 0.1) is 0 Å². The number of hydrogen-bond acceptors (Lipinski definition) is 5. The van der Waals surface area contributed by atoms with Crippen molar-refractivity contribution in [2.75, 3.05) is 14.2 Å². The Kier molecular flexibility index (Phi) is 3.52. The van der Waals surface area contributed by atoms with Gasteiger partial charge < -0.3 is 9.64 Å². The van der Waals surface area contributed by atoms with Gasteiger partial charge >= 0.3 is 0 Å². The van der Waals surface area contributed by atoms with Crippen LogP contribution >= 0.6 is 0 Å². The molecule has 1 heterocycles. The molecule has 18 heavy (non-hydrogen) atoms. The highest BCUT2D eigenvalue weighted by Crippen LogP contribution is 2.14. The van der Waals surface area contributed by atoms with Crippen molar-refractivity contribution in [2.24, 2.45) is 0 Å². The lowest BCUT2D eigenvalue weighted by atomic mass is 10.2. The summed E-state index contributed by atoms with van der Waals surface area (Å²) in [5.74, 6) is 0.528. The van der Waals surface area contributed by atoms with Crippen molar-refractivity contribution < 1.29 is 9.53 Å². The largest absolute Gasteiger partial charge is 0.497 e. The Labute approximate surface area is 104 Å². The number of hydrogen-bond donors (Lipinski definition) is 1. The summed E-state index contributed by atoms with van der Waals surface area (Å²) >= 11 is 0. The number of nitrogens with zero attached hydrogens (tertiary/aromatic N) is 4. The molecular formula is C11H13N5O2. The molecule has 0 aliphatic heterocycles. The minimum atomic E-state index is -0.286. The molecule has 0 aliphatic carbocycles. The Morgan fingerprint density at radius 3 is 3.00 bits per heavy atom. The molecule has 94 valence electrons. The lowest BCUT2D eigenvalue weighted by molar-refractivity contribution is 0.0773. The Balaban J connectivity index is 2.06. The number of aromatic nitrogens is 4. The molecule has 0 aliphatic rings. The highest BCUT2D eigenvalue weighted by atomic mass is 16.5. The lowest BCUT2D eigenvalue weighted by Gasteiger charge is -2.15. The first-order chi connectivity index (χ1) is 8.70. The average Bonchev–Trinajstić information content (AvgIpc) is 2.92. The van der Waals surface area contributed by atoms with Crippen LogP contribution in [0.15, 0.2) is 24.3 Å². The maximum absolute atomic E-state index is 11.9. The van der Waals surface area contributed by atoms with E-state index in [0.717, 1.165) is 11.3 Å². The van der Waals surface area contributed by atoms with Crippen molar-refractivity contribution in [1.82, 2.24) is 25.5 Å². The Morgan fingerprint density at radius 2 is 2.33 bits per heavy atom. The van der Waals surface area contributed by atoms with Crippen molar-refractivity contribution >= 4 is 5.91 Å². The summed E-state index contributed by atoms with van der Waals surface area (Å²) in [7, 11) is 3.28. The quantitative estimate of drug-likeness (QED) is 0.849. The number of amides is 1. The molecule has 0 bridgehead atoms. The van der Waals surface area contributed by atoms with E-state index in [-0.39, 0.29) is 11.7 Å². The van der Waals surface area contributed by atoms with E-state index in [9.17, 15) is 4.79 Å². The molecule has 7 heteroatoms. The molecule has 0 saturated heterocycles. The molecule has 0 saturated carbocycles. The number of carbonyl (C=O) groups is 1. The van der Waals surface area contributed by atoms with Crippen LogP contribution < -0.4 is 4.74 Å². The number of tetrazole rings is 1. The first kappa shape index (κ1) is 12.0.